The Morgan fingerprint density at radius 3 is 2.53 bits per heavy atom. The summed E-state index contributed by atoms with van der Waals surface area (Å²) >= 11 is 5.62. The van der Waals surface area contributed by atoms with Crippen LogP contribution in [0.5, 0.6) is 0 Å². The molecule has 0 bridgehead atoms. The van der Waals surface area contributed by atoms with E-state index in [0.717, 1.165) is 6.54 Å². The van der Waals surface area contributed by atoms with E-state index >= 15 is 0 Å². The fourth-order valence-corrected chi connectivity index (χ4v) is 4.29. The Hall–Kier alpha value is 0.140. The average Bonchev–Trinajstić information content (AvgIpc) is 2.59. The molecule has 2 atom stereocenters. The summed E-state index contributed by atoms with van der Waals surface area (Å²) in [6, 6.07) is 2.74. The van der Waals surface area contributed by atoms with Crippen LogP contribution in [-0.4, -0.2) is 6.54 Å². The van der Waals surface area contributed by atoms with E-state index < -0.39 is 0 Å². The first-order valence-corrected chi connectivity index (χ1v) is 8.20. The SMILES string of the molecule is CCCNC(c1sc(C)cc1Br)C(C)CCC. The first-order valence-electron chi connectivity index (χ1n) is 6.59. The Kier molecular flexibility index (Phi) is 6.75. The van der Waals surface area contributed by atoms with Crippen LogP contribution in [0.1, 0.15) is 55.8 Å². The van der Waals surface area contributed by atoms with Crippen LogP contribution in [-0.2, 0) is 0 Å². The average molecular weight is 318 g/mol. The van der Waals surface area contributed by atoms with Crippen molar-refractivity contribution in [1.82, 2.24) is 5.32 Å². The van der Waals surface area contributed by atoms with Gasteiger partial charge in [-0.1, -0.05) is 27.2 Å². The van der Waals surface area contributed by atoms with Crippen LogP contribution in [0, 0.1) is 12.8 Å². The second kappa shape index (κ2) is 7.55. The predicted octanol–water partition coefficient (Wildman–Crippen LogP) is 5.30. The maximum Gasteiger partial charge on any atom is 0.0452 e. The van der Waals surface area contributed by atoms with E-state index in [1.807, 2.05) is 11.3 Å². The maximum absolute atomic E-state index is 3.70. The first-order chi connectivity index (χ1) is 8.10. The second-order valence-corrected chi connectivity index (χ2v) is 6.91. The first kappa shape index (κ1) is 15.2. The minimum absolute atomic E-state index is 0.503. The third-order valence-electron chi connectivity index (χ3n) is 3.05. The summed E-state index contributed by atoms with van der Waals surface area (Å²) in [7, 11) is 0. The predicted molar refractivity (Wildman–Crippen MR) is 81.9 cm³/mol. The number of hydrogen-bond donors (Lipinski definition) is 1. The smallest absolute Gasteiger partial charge is 0.0452 e. The molecule has 0 aliphatic rings. The van der Waals surface area contributed by atoms with Crippen LogP contribution in [0.4, 0.5) is 0 Å². The van der Waals surface area contributed by atoms with E-state index in [2.05, 4.69) is 55.0 Å². The van der Waals surface area contributed by atoms with Gasteiger partial charge in [-0.05, 0) is 54.2 Å². The van der Waals surface area contributed by atoms with E-state index in [1.165, 1.54) is 33.5 Å². The van der Waals surface area contributed by atoms with Gasteiger partial charge in [0.1, 0.15) is 0 Å². The Morgan fingerprint density at radius 1 is 1.35 bits per heavy atom. The minimum atomic E-state index is 0.503. The minimum Gasteiger partial charge on any atom is -0.309 e. The van der Waals surface area contributed by atoms with E-state index in [4.69, 9.17) is 0 Å². The van der Waals surface area contributed by atoms with E-state index in [9.17, 15) is 0 Å². The van der Waals surface area contributed by atoms with E-state index in [1.54, 1.807) is 0 Å². The van der Waals surface area contributed by atoms with Crippen molar-refractivity contribution in [3.8, 4) is 0 Å². The number of halogens is 1. The van der Waals surface area contributed by atoms with Gasteiger partial charge in [0.2, 0.25) is 0 Å². The lowest BCUT2D eigenvalue weighted by molar-refractivity contribution is 0.367. The highest BCUT2D eigenvalue weighted by Gasteiger charge is 2.22. The number of hydrogen-bond acceptors (Lipinski definition) is 2. The molecular weight excluding hydrogens is 294 g/mol. The van der Waals surface area contributed by atoms with Gasteiger partial charge in [-0.25, -0.2) is 0 Å². The van der Waals surface area contributed by atoms with Crippen LogP contribution < -0.4 is 5.32 Å². The second-order valence-electron chi connectivity index (χ2n) is 4.77. The van der Waals surface area contributed by atoms with Crippen molar-refractivity contribution in [3.63, 3.8) is 0 Å². The molecule has 3 heteroatoms. The Labute approximate surface area is 118 Å². The zero-order valence-electron chi connectivity index (χ0n) is 11.3. The van der Waals surface area contributed by atoms with Crippen molar-refractivity contribution in [1.29, 1.82) is 0 Å². The number of rotatable bonds is 7. The van der Waals surface area contributed by atoms with Crippen molar-refractivity contribution in [2.45, 2.75) is 53.0 Å². The molecule has 1 rings (SSSR count). The monoisotopic (exact) mass is 317 g/mol. The molecule has 0 amide bonds. The Bertz CT molecular complexity index is 335. The van der Waals surface area contributed by atoms with Gasteiger partial charge in [-0.2, -0.15) is 0 Å². The molecular formula is C14H24BrNS. The molecule has 1 heterocycles. The van der Waals surface area contributed by atoms with Crippen LogP contribution in [0.25, 0.3) is 0 Å². The zero-order valence-corrected chi connectivity index (χ0v) is 13.7. The molecule has 0 radical (unpaired) electrons. The van der Waals surface area contributed by atoms with E-state index in [0.29, 0.717) is 12.0 Å². The maximum atomic E-state index is 3.70. The summed E-state index contributed by atoms with van der Waals surface area (Å²) in [4.78, 5) is 2.86. The molecule has 1 aromatic rings. The van der Waals surface area contributed by atoms with Crippen molar-refractivity contribution in [2.75, 3.05) is 6.54 Å². The molecule has 0 saturated heterocycles. The van der Waals surface area contributed by atoms with Crippen LogP contribution >= 0.6 is 27.3 Å². The molecule has 0 aliphatic carbocycles. The van der Waals surface area contributed by atoms with Gasteiger partial charge in [0.15, 0.2) is 0 Å². The molecule has 98 valence electrons. The third-order valence-corrected chi connectivity index (χ3v) is 5.10. The summed E-state index contributed by atoms with van der Waals surface area (Å²) in [6.07, 6.45) is 3.73. The standard InChI is InChI=1S/C14H24BrNS/c1-5-7-10(3)13(16-8-6-2)14-12(15)9-11(4)17-14/h9-10,13,16H,5-8H2,1-4H3. The lowest BCUT2D eigenvalue weighted by atomic mass is 9.95. The molecule has 0 fully saturated rings. The number of thiophene rings is 1. The van der Waals surface area contributed by atoms with Crippen LogP contribution in [0.2, 0.25) is 0 Å². The molecule has 1 N–H and O–H groups in total. The molecule has 2 unspecified atom stereocenters. The molecule has 17 heavy (non-hydrogen) atoms. The van der Waals surface area contributed by atoms with Gasteiger partial charge in [-0.15, -0.1) is 11.3 Å². The van der Waals surface area contributed by atoms with Crippen molar-refractivity contribution >= 4 is 27.3 Å². The highest BCUT2D eigenvalue weighted by Crippen LogP contribution is 2.37. The Morgan fingerprint density at radius 2 is 2.06 bits per heavy atom. The molecule has 0 aliphatic heterocycles. The zero-order chi connectivity index (χ0) is 12.8. The molecule has 1 aromatic heterocycles. The largest absolute Gasteiger partial charge is 0.309 e. The highest BCUT2D eigenvalue weighted by atomic mass is 79.9. The molecule has 1 nitrogen and oxygen atoms in total. The summed E-state index contributed by atoms with van der Waals surface area (Å²) in [5.41, 5.74) is 0. The van der Waals surface area contributed by atoms with Gasteiger partial charge >= 0.3 is 0 Å². The van der Waals surface area contributed by atoms with Gasteiger partial charge in [0.25, 0.3) is 0 Å². The van der Waals surface area contributed by atoms with Gasteiger partial charge in [-0.3, -0.25) is 0 Å². The number of aryl methyl sites for hydroxylation is 1. The lowest BCUT2D eigenvalue weighted by Gasteiger charge is -2.24. The normalized spacial score (nSPS) is 14.9. The van der Waals surface area contributed by atoms with Crippen molar-refractivity contribution in [2.24, 2.45) is 5.92 Å². The summed E-state index contributed by atoms with van der Waals surface area (Å²) in [6.45, 7) is 10.1. The van der Waals surface area contributed by atoms with Crippen LogP contribution in [0.15, 0.2) is 10.5 Å². The van der Waals surface area contributed by atoms with E-state index in [-0.39, 0.29) is 0 Å². The van der Waals surface area contributed by atoms with Gasteiger partial charge < -0.3 is 5.32 Å². The van der Waals surface area contributed by atoms with Gasteiger partial charge in [0.05, 0.1) is 0 Å². The topological polar surface area (TPSA) is 12.0 Å². The quantitative estimate of drug-likeness (QED) is 0.720. The summed E-state index contributed by atoms with van der Waals surface area (Å²) < 4.78 is 1.27. The van der Waals surface area contributed by atoms with Crippen LogP contribution in [0.3, 0.4) is 0 Å². The molecule has 0 aromatic carbocycles. The van der Waals surface area contributed by atoms with Crippen molar-refractivity contribution in [3.05, 3.63) is 20.3 Å². The number of nitrogens with one attached hydrogen (secondary N) is 1. The van der Waals surface area contributed by atoms with Gasteiger partial charge in [0, 0.05) is 20.3 Å². The fourth-order valence-electron chi connectivity index (χ4n) is 2.19. The third kappa shape index (κ3) is 4.38. The molecule has 0 saturated carbocycles. The molecule has 0 spiro atoms. The summed E-state index contributed by atoms with van der Waals surface area (Å²) in [5.74, 6) is 0.695. The Balaban J connectivity index is 2.84. The van der Waals surface area contributed by atoms with Crippen molar-refractivity contribution < 1.29 is 0 Å². The summed E-state index contributed by atoms with van der Waals surface area (Å²) in [5, 5.41) is 3.70. The lowest BCUT2D eigenvalue weighted by Crippen LogP contribution is -2.27. The highest BCUT2D eigenvalue weighted by molar-refractivity contribution is 9.10. The fraction of sp³-hybridized carbons (Fsp3) is 0.714.